The molecule has 1 fully saturated rings. The van der Waals surface area contributed by atoms with Crippen molar-refractivity contribution in [3.8, 4) is 0 Å². The average Bonchev–Trinajstić information content (AvgIpc) is 3.21. The van der Waals surface area contributed by atoms with Crippen LogP contribution in [-0.4, -0.2) is 61.0 Å². The Morgan fingerprint density at radius 1 is 1.47 bits per heavy atom. The maximum absolute atomic E-state index is 9.67. The van der Waals surface area contributed by atoms with Crippen LogP contribution in [0, 0.1) is 0 Å². The molecule has 2 N–H and O–H groups in total. The highest BCUT2D eigenvalue weighted by molar-refractivity contribution is 4.92. The van der Waals surface area contributed by atoms with E-state index in [9.17, 15) is 5.11 Å². The summed E-state index contributed by atoms with van der Waals surface area (Å²) in [6.07, 6.45) is 4.70. The van der Waals surface area contributed by atoms with Gasteiger partial charge in [0.1, 0.15) is 0 Å². The van der Waals surface area contributed by atoms with Gasteiger partial charge >= 0.3 is 0 Å². The van der Waals surface area contributed by atoms with E-state index in [1.54, 1.807) is 7.11 Å². The van der Waals surface area contributed by atoms with E-state index in [4.69, 9.17) is 4.74 Å². The van der Waals surface area contributed by atoms with Gasteiger partial charge in [0, 0.05) is 31.3 Å². The molecule has 1 aliphatic carbocycles. The van der Waals surface area contributed by atoms with E-state index in [1.807, 2.05) is 0 Å². The molecule has 2 unspecified atom stereocenters. The van der Waals surface area contributed by atoms with E-state index < -0.39 is 0 Å². The van der Waals surface area contributed by atoms with Crippen molar-refractivity contribution < 1.29 is 9.84 Å². The number of rotatable bonds is 11. The lowest BCUT2D eigenvalue weighted by molar-refractivity contribution is 0.0848. The van der Waals surface area contributed by atoms with Gasteiger partial charge in [0.15, 0.2) is 0 Å². The molecule has 0 aromatic heterocycles. The summed E-state index contributed by atoms with van der Waals surface area (Å²) in [4.78, 5) is 2.55. The van der Waals surface area contributed by atoms with Crippen LogP contribution in [0.1, 0.15) is 46.5 Å². The van der Waals surface area contributed by atoms with Gasteiger partial charge in [0.25, 0.3) is 0 Å². The Morgan fingerprint density at radius 3 is 2.63 bits per heavy atom. The third-order valence-corrected chi connectivity index (χ3v) is 4.03. The molecule has 0 saturated heterocycles. The van der Waals surface area contributed by atoms with Crippen molar-refractivity contribution >= 4 is 0 Å². The summed E-state index contributed by atoms with van der Waals surface area (Å²) in [7, 11) is 1.76. The Hall–Kier alpha value is -0.160. The molecule has 114 valence electrons. The van der Waals surface area contributed by atoms with Crippen LogP contribution in [0.5, 0.6) is 0 Å². The van der Waals surface area contributed by atoms with Gasteiger partial charge in [-0.25, -0.2) is 0 Å². The molecule has 0 heterocycles. The van der Waals surface area contributed by atoms with Crippen LogP contribution in [-0.2, 0) is 4.74 Å². The van der Waals surface area contributed by atoms with Crippen molar-refractivity contribution in [2.45, 2.75) is 64.1 Å². The summed E-state index contributed by atoms with van der Waals surface area (Å²) in [5, 5.41) is 13.2. The molecule has 2 atom stereocenters. The van der Waals surface area contributed by atoms with Gasteiger partial charge in [-0.2, -0.15) is 0 Å². The number of hydrogen-bond acceptors (Lipinski definition) is 4. The summed E-state index contributed by atoms with van der Waals surface area (Å²) < 4.78 is 5.22. The van der Waals surface area contributed by atoms with Gasteiger partial charge in [0.2, 0.25) is 0 Å². The van der Waals surface area contributed by atoms with Crippen molar-refractivity contribution in [3.63, 3.8) is 0 Å². The molecule has 1 saturated carbocycles. The number of hydrogen-bond donors (Lipinski definition) is 2. The molecular weight excluding hydrogens is 240 g/mol. The molecule has 0 aromatic rings. The Labute approximate surface area is 118 Å². The third kappa shape index (κ3) is 5.78. The first-order valence-electron chi connectivity index (χ1n) is 7.67. The highest BCUT2D eigenvalue weighted by Crippen LogP contribution is 2.30. The fourth-order valence-corrected chi connectivity index (χ4v) is 2.75. The van der Waals surface area contributed by atoms with Gasteiger partial charge in [0.05, 0.1) is 13.2 Å². The minimum absolute atomic E-state index is 0.171. The largest absolute Gasteiger partial charge is 0.394 e. The van der Waals surface area contributed by atoms with E-state index in [-0.39, 0.29) is 12.1 Å². The van der Waals surface area contributed by atoms with Crippen LogP contribution in [0.4, 0.5) is 0 Å². The Bertz CT molecular complexity index is 246. The zero-order valence-corrected chi connectivity index (χ0v) is 13.1. The lowest BCUT2D eigenvalue weighted by atomic mass is 9.93. The lowest BCUT2D eigenvalue weighted by Gasteiger charge is -2.37. The summed E-state index contributed by atoms with van der Waals surface area (Å²) in [5.41, 5.74) is -0.171. The Kier molecular flexibility index (Phi) is 7.29. The predicted octanol–water partition coefficient (Wildman–Crippen LogP) is 1.63. The Balaban J connectivity index is 2.50. The standard InChI is InChI=1S/C15H32N2O2/c1-5-8-16-15(3,12-18)11-13(2)17(9-10-19-4)14-6-7-14/h13-14,16,18H,5-12H2,1-4H3. The first-order valence-corrected chi connectivity index (χ1v) is 7.67. The van der Waals surface area contributed by atoms with Crippen LogP contribution < -0.4 is 5.32 Å². The molecule has 1 aliphatic rings. The van der Waals surface area contributed by atoms with E-state index in [2.05, 4.69) is 31.0 Å². The molecule has 0 spiro atoms. The minimum Gasteiger partial charge on any atom is -0.394 e. The van der Waals surface area contributed by atoms with Crippen molar-refractivity contribution in [3.05, 3.63) is 0 Å². The normalized spacial score (nSPS) is 20.5. The van der Waals surface area contributed by atoms with Crippen molar-refractivity contribution in [1.82, 2.24) is 10.2 Å². The molecule has 0 aliphatic heterocycles. The predicted molar refractivity (Wildman–Crippen MR) is 79.5 cm³/mol. The molecule has 4 heteroatoms. The molecule has 0 radical (unpaired) electrons. The molecule has 1 rings (SSSR count). The zero-order valence-electron chi connectivity index (χ0n) is 13.1. The van der Waals surface area contributed by atoms with Crippen LogP contribution in [0.25, 0.3) is 0 Å². The number of methoxy groups -OCH3 is 1. The molecule has 19 heavy (non-hydrogen) atoms. The fourth-order valence-electron chi connectivity index (χ4n) is 2.75. The van der Waals surface area contributed by atoms with E-state index in [1.165, 1.54) is 12.8 Å². The first-order chi connectivity index (χ1) is 9.06. The first kappa shape index (κ1) is 16.9. The number of ether oxygens (including phenoxy) is 1. The molecule has 0 bridgehead atoms. The second-order valence-electron chi connectivity index (χ2n) is 6.16. The quantitative estimate of drug-likeness (QED) is 0.600. The highest BCUT2D eigenvalue weighted by atomic mass is 16.5. The highest BCUT2D eigenvalue weighted by Gasteiger charge is 2.35. The smallest absolute Gasteiger partial charge is 0.0611 e. The van der Waals surface area contributed by atoms with Crippen LogP contribution in [0.2, 0.25) is 0 Å². The van der Waals surface area contributed by atoms with Crippen LogP contribution >= 0.6 is 0 Å². The third-order valence-electron chi connectivity index (χ3n) is 4.03. The molecule has 4 nitrogen and oxygen atoms in total. The summed E-state index contributed by atoms with van der Waals surface area (Å²) >= 11 is 0. The fraction of sp³-hybridized carbons (Fsp3) is 1.00. The van der Waals surface area contributed by atoms with Gasteiger partial charge in [-0.3, -0.25) is 4.90 Å². The van der Waals surface area contributed by atoms with Crippen molar-refractivity contribution in [1.29, 1.82) is 0 Å². The lowest BCUT2D eigenvalue weighted by Crippen LogP contribution is -2.51. The number of aliphatic hydroxyl groups excluding tert-OH is 1. The van der Waals surface area contributed by atoms with Crippen LogP contribution in [0.3, 0.4) is 0 Å². The maximum Gasteiger partial charge on any atom is 0.0611 e. The second kappa shape index (κ2) is 8.20. The summed E-state index contributed by atoms with van der Waals surface area (Å²) in [5.74, 6) is 0. The Morgan fingerprint density at radius 2 is 2.16 bits per heavy atom. The average molecular weight is 272 g/mol. The van der Waals surface area contributed by atoms with Crippen molar-refractivity contribution in [2.24, 2.45) is 0 Å². The van der Waals surface area contributed by atoms with E-state index in [0.717, 1.165) is 38.6 Å². The molecule has 0 amide bonds. The van der Waals surface area contributed by atoms with Gasteiger partial charge in [-0.15, -0.1) is 0 Å². The molecule has 0 aromatic carbocycles. The summed E-state index contributed by atoms with van der Waals surface area (Å²) in [6.45, 7) is 9.50. The zero-order chi connectivity index (χ0) is 14.3. The second-order valence-corrected chi connectivity index (χ2v) is 6.16. The van der Waals surface area contributed by atoms with Gasteiger partial charge in [-0.1, -0.05) is 6.92 Å². The van der Waals surface area contributed by atoms with Gasteiger partial charge in [-0.05, 0) is 46.1 Å². The number of aliphatic hydroxyl groups is 1. The number of nitrogens with zero attached hydrogens (tertiary/aromatic N) is 1. The molecular formula is C15H32N2O2. The monoisotopic (exact) mass is 272 g/mol. The van der Waals surface area contributed by atoms with E-state index >= 15 is 0 Å². The SMILES string of the molecule is CCCNC(C)(CO)CC(C)N(CCOC)C1CC1. The van der Waals surface area contributed by atoms with E-state index in [0.29, 0.717) is 6.04 Å². The van der Waals surface area contributed by atoms with Gasteiger partial charge < -0.3 is 15.2 Å². The topological polar surface area (TPSA) is 44.7 Å². The maximum atomic E-state index is 9.67. The summed E-state index contributed by atoms with van der Waals surface area (Å²) in [6, 6.07) is 1.21. The van der Waals surface area contributed by atoms with Crippen molar-refractivity contribution in [2.75, 3.05) is 33.4 Å². The number of nitrogens with one attached hydrogen (secondary N) is 1. The minimum atomic E-state index is -0.171. The van der Waals surface area contributed by atoms with Crippen LogP contribution in [0.15, 0.2) is 0 Å².